The van der Waals surface area contributed by atoms with E-state index in [0.717, 1.165) is 52.8 Å². The summed E-state index contributed by atoms with van der Waals surface area (Å²) in [7, 11) is 0. The molecule has 174 valence electrons. The van der Waals surface area contributed by atoms with Crippen LogP contribution in [0.4, 0.5) is 8.78 Å². The molecule has 3 aromatic carbocycles. The molecule has 1 saturated heterocycles. The van der Waals surface area contributed by atoms with Crippen molar-refractivity contribution in [3.05, 3.63) is 95.7 Å². The summed E-state index contributed by atoms with van der Waals surface area (Å²) in [6, 6.07) is 17.7. The molecule has 4 aromatic rings. The lowest BCUT2D eigenvalue weighted by Gasteiger charge is -2.26. The Hall–Kier alpha value is -3.51. The van der Waals surface area contributed by atoms with E-state index in [-0.39, 0.29) is 11.6 Å². The highest BCUT2D eigenvalue weighted by atomic mass is 19.1. The smallest absolute Gasteiger partial charge is 0.124 e. The third-order valence-electron chi connectivity index (χ3n) is 6.39. The number of likely N-dealkylation sites (tertiary alicyclic amines) is 1. The normalized spacial score (nSPS) is 14.4. The Morgan fingerprint density at radius 1 is 0.912 bits per heavy atom. The molecule has 34 heavy (non-hydrogen) atoms. The lowest BCUT2D eigenvalue weighted by atomic mass is 10.00. The summed E-state index contributed by atoms with van der Waals surface area (Å²) in [5.74, 6) is -0.493. The third-order valence-corrected chi connectivity index (χ3v) is 6.39. The van der Waals surface area contributed by atoms with E-state index in [4.69, 9.17) is 0 Å². The summed E-state index contributed by atoms with van der Waals surface area (Å²) < 4.78 is 28.0. The maximum absolute atomic E-state index is 14.5. The van der Waals surface area contributed by atoms with Gasteiger partial charge >= 0.3 is 0 Å². The van der Waals surface area contributed by atoms with Gasteiger partial charge in [0.15, 0.2) is 0 Å². The second-order valence-electron chi connectivity index (χ2n) is 8.98. The molecule has 6 heteroatoms. The van der Waals surface area contributed by atoms with Crippen molar-refractivity contribution in [1.82, 2.24) is 20.4 Å². The molecule has 0 spiro atoms. The van der Waals surface area contributed by atoms with E-state index < -0.39 is 0 Å². The molecule has 0 atom stereocenters. The molecular formula is C28H28F2N4. The monoisotopic (exact) mass is 458 g/mol. The number of benzene rings is 3. The largest absolute Gasteiger partial charge is 0.380 e. The van der Waals surface area contributed by atoms with Crippen LogP contribution in [0.1, 0.15) is 36.1 Å². The highest BCUT2D eigenvalue weighted by molar-refractivity contribution is 5.92. The summed E-state index contributed by atoms with van der Waals surface area (Å²) in [5.41, 5.74) is 5.79. The van der Waals surface area contributed by atoms with Crippen LogP contribution in [0.3, 0.4) is 0 Å². The van der Waals surface area contributed by atoms with E-state index in [2.05, 4.69) is 33.1 Å². The fourth-order valence-corrected chi connectivity index (χ4v) is 4.65. The van der Waals surface area contributed by atoms with Crippen molar-refractivity contribution in [2.45, 2.75) is 32.4 Å². The van der Waals surface area contributed by atoms with Crippen molar-refractivity contribution in [2.24, 2.45) is 0 Å². The van der Waals surface area contributed by atoms with E-state index >= 15 is 0 Å². The van der Waals surface area contributed by atoms with Gasteiger partial charge in [-0.25, -0.2) is 8.78 Å². The molecule has 1 aliphatic heterocycles. The Balaban J connectivity index is 1.38. The van der Waals surface area contributed by atoms with Gasteiger partial charge in [-0.05, 0) is 90.6 Å². The number of halogens is 2. The summed E-state index contributed by atoms with van der Waals surface area (Å²) in [6.07, 6.45) is 3.69. The molecule has 1 aliphatic rings. The maximum Gasteiger partial charge on any atom is 0.124 e. The molecule has 4 nitrogen and oxygen atoms in total. The molecule has 1 fully saturated rings. The molecule has 0 aliphatic carbocycles. The Bertz CT molecular complexity index is 1320. The number of aromatic nitrogens is 2. The van der Waals surface area contributed by atoms with Crippen molar-refractivity contribution in [3.63, 3.8) is 0 Å². The predicted octanol–water partition coefficient (Wildman–Crippen LogP) is 6.25. The van der Waals surface area contributed by atoms with Gasteiger partial charge in [-0.3, -0.25) is 10.00 Å². The number of rotatable bonds is 7. The third kappa shape index (κ3) is 5.02. The zero-order valence-electron chi connectivity index (χ0n) is 19.1. The molecule has 5 rings (SSSR count). The first kappa shape index (κ1) is 22.3. The topological polar surface area (TPSA) is 44.0 Å². The zero-order valence-corrected chi connectivity index (χ0v) is 19.1. The number of H-pyrrole nitrogens is 1. The number of hydrogen-bond acceptors (Lipinski definition) is 3. The molecule has 2 N–H and O–H groups in total. The quantitative estimate of drug-likeness (QED) is 0.344. The van der Waals surface area contributed by atoms with Crippen LogP contribution in [-0.4, -0.2) is 28.2 Å². The SMILES string of the molecule is C=C(NCc1cccc(F)c1)c1n[nH]c2ccc(-c3cc(F)cc(CN4CCCCC4)c3)cc12. The van der Waals surface area contributed by atoms with E-state index in [9.17, 15) is 8.78 Å². The highest BCUT2D eigenvalue weighted by Crippen LogP contribution is 2.29. The molecule has 1 aromatic heterocycles. The van der Waals surface area contributed by atoms with E-state index in [0.29, 0.717) is 17.9 Å². The van der Waals surface area contributed by atoms with Gasteiger partial charge in [0.1, 0.15) is 17.3 Å². The molecule has 0 amide bonds. The standard InChI is InChI=1S/C28H28F2N4/c1-19(31-17-20-6-5-7-24(29)13-20)28-26-16-22(8-9-27(26)32-33-28)23-12-21(14-25(30)15-23)18-34-10-3-2-4-11-34/h5-9,12-16,31H,1-4,10-11,17-18H2,(H,32,33). The van der Waals surface area contributed by atoms with Crippen LogP contribution >= 0.6 is 0 Å². The van der Waals surface area contributed by atoms with Crippen LogP contribution in [-0.2, 0) is 13.1 Å². The first-order valence-corrected chi connectivity index (χ1v) is 11.7. The number of nitrogens with one attached hydrogen (secondary N) is 2. The lowest BCUT2D eigenvalue weighted by Crippen LogP contribution is -2.29. The van der Waals surface area contributed by atoms with Crippen molar-refractivity contribution in [1.29, 1.82) is 0 Å². The van der Waals surface area contributed by atoms with Crippen molar-refractivity contribution in [2.75, 3.05) is 13.1 Å². The van der Waals surface area contributed by atoms with E-state index in [1.807, 2.05) is 24.3 Å². The number of nitrogens with zero attached hydrogens (tertiary/aromatic N) is 2. The fraction of sp³-hybridized carbons (Fsp3) is 0.250. The number of hydrogen-bond donors (Lipinski definition) is 2. The van der Waals surface area contributed by atoms with Crippen molar-refractivity contribution >= 4 is 16.6 Å². The highest BCUT2D eigenvalue weighted by Gasteiger charge is 2.14. The first-order chi connectivity index (χ1) is 16.5. The van der Waals surface area contributed by atoms with Gasteiger partial charge in [-0.15, -0.1) is 0 Å². The van der Waals surface area contributed by atoms with Gasteiger partial charge in [0, 0.05) is 18.5 Å². The second-order valence-corrected chi connectivity index (χ2v) is 8.98. The Morgan fingerprint density at radius 2 is 1.74 bits per heavy atom. The van der Waals surface area contributed by atoms with Gasteiger partial charge in [0.25, 0.3) is 0 Å². The van der Waals surface area contributed by atoms with Gasteiger partial charge < -0.3 is 5.32 Å². The van der Waals surface area contributed by atoms with Gasteiger partial charge in [0.05, 0.1) is 11.2 Å². The minimum atomic E-state index is -0.269. The minimum Gasteiger partial charge on any atom is -0.380 e. The van der Waals surface area contributed by atoms with Crippen LogP contribution in [0.5, 0.6) is 0 Å². The fourth-order valence-electron chi connectivity index (χ4n) is 4.65. The molecule has 0 bridgehead atoms. The average Bonchev–Trinajstić information content (AvgIpc) is 3.26. The van der Waals surface area contributed by atoms with E-state index in [1.54, 1.807) is 18.2 Å². The van der Waals surface area contributed by atoms with Gasteiger partial charge in [-0.2, -0.15) is 5.10 Å². The maximum atomic E-state index is 14.5. The van der Waals surface area contributed by atoms with Crippen LogP contribution in [0.25, 0.3) is 27.7 Å². The summed E-state index contributed by atoms with van der Waals surface area (Å²) >= 11 is 0. The van der Waals surface area contributed by atoms with Crippen LogP contribution < -0.4 is 5.32 Å². The van der Waals surface area contributed by atoms with Crippen LogP contribution in [0.2, 0.25) is 0 Å². The van der Waals surface area contributed by atoms with Crippen molar-refractivity contribution < 1.29 is 8.78 Å². The molecule has 0 saturated carbocycles. The second kappa shape index (κ2) is 9.77. The van der Waals surface area contributed by atoms with Crippen LogP contribution in [0.15, 0.2) is 67.2 Å². The number of piperidine rings is 1. The molecule has 0 radical (unpaired) electrons. The predicted molar refractivity (Wildman–Crippen MR) is 133 cm³/mol. The first-order valence-electron chi connectivity index (χ1n) is 11.7. The summed E-state index contributed by atoms with van der Waals surface area (Å²) in [5, 5.41) is 11.6. The summed E-state index contributed by atoms with van der Waals surface area (Å²) in [4.78, 5) is 2.40. The van der Waals surface area contributed by atoms with E-state index in [1.165, 1.54) is 31.4 Å². The van der Waals surface area contributed by atoms with Gasteiger partial charge in [-0.1, -0.05) is 31.2 Å². The minimum absolute atomic E-state index is 0.224. The number of fused-ring (bicyclic) bond motifs is 1. The Morgan fingerprint density at radius 3 is 2.56 bits per heavy atom. The average molecular weight is 459 g/mol. The molecule has 0 unspecified atom stereocenters. The van der Waals surface area contributed by atoms with Crippen LogP contribution in [0, 0.1) is 11.6 Å². The molecule has 2 heterocycles. The van der Waals surface area contributed by atoms with Crippen molar-refractivity contribution in [3.8, 4) is 11.1 Å². The number of aromatic amines is 1. The van der Waals surface area contributed by atoms with Gasteiger partial charge in [0.2, 0.25) is 0 Å². The zero-order chi connectivity index (χ0) is 23.5. The molecular weight excluding hydrogens is 430 g/mol. The lowest BCUT2D eigenvalue weighted by molar-refractivity contribution is 0.220. The Labute approximate surface area is 198 Å². The summed E-state index contributed by atoms with van der Waals surface area (Å²) in [6.45, 7) is 7.48. The Kier molecular flexibility index (Phi) is 6.41.